The largest absolute Gasteiger partial charge is 0.393 e. The molecule has 3 atom stereocenters. The van der Waals surface area contributed by atoms with Crippen molar-refractivity contribution < 1.29 is 9.90 Å². The first kappa shape index (κ1) is 14.5. The van der Waals surface area contributed by atoms with E-state index >= 15 is 0 Å². The summed E-state index contributed by atoms with van der Waals surface area (Å²) in [7, 11) is 0. The number of hydrogen-bond donors (Lipinski definition) is 3. The monoisotopic (exact) mass is 242 g/mol. The molecule has 100 valence electrons. The van der Waals surface area contributed by atoms with Gasteiger partial charge in [-0.05, 0) is 46.1 Å². The van der Waals surface area contributed by atoms with Gasteiger partial charge < -0.3 is 15.7 Å². The molecule has 4 heteroatoms. The number of carbonyl (C=O) groups is 1. The fraction of sp³-hybridized carbons (Fsp3) is 0.923. The van der Waals surface area contributed by atoms with E-state index in [0.717, 1.165) is 32.2 Å². The molecule has 1 heterocycles. The summed E-state index contributed by atoms with van der Waals surface area (Å²) in [5.41, 5.74) is -0.359. The van der Waals surface area contributed by atoms with Gasteiger partial charge in [0, 0.05) is 6.04 Å². The van der Waals surface area contributed by atoms with Gasteiger partial charge >= 0.3 is 0 Å². The average Bonchev–Trinajstić information content (AvgIpc) is 2.66. The van der Waals surface area contributed by atoms with Gasteiger partial charge in [-0.2, -0.15) is 0 Å². The number of rotatable bonds is 6. The first-order valence-electron chi connectivity index (χ1n) is 6.74. The quantitative estimate of drug-likeness (QED) is 0.655. The summed E-state index contributed by atoms with van der Waals surface area (Å²) in [6, 6.07) is 0.0265. The minimum absolute atomic E-state index is 0.0265. The van der Waals surface area contributed by atoms with Gasteiger partial charge in [0.05, 0.1) is 11.6 Å². The molecule has 1 rings (SSSR count). The Morgan fingerprint density at radius 3 is 2.71 bits per heavy atom. The first-order valence-corrected chi connectivity index (χ1v) is 6.74. The van der Waals surface area contributed by atoms with E-state index < -0.39 is 0 Å². The van der Waals surface area contributed by atoms with Crippen LogP contribution in [0.1, 0.15) is 52.9 Å². The summed E-state index contributed by atoms with van der Waals surface area (Å²) >= 11 is 0. The summed E-state index contributed by atoms with van der Waals surface area (Å²) in [6.07, 6.45) is 4.12. The van der Waals surface area contributed by atoms with Gasteiger partial charge in [-0.25, -0.2) is 0 Å². The summed E-state index contributed by atoms with van der Waals surface area (Å²) in [5.74, 6) is 0.102. The van der Waals surface area contributed by atoms with E-state index in [9.17, 15) is 9.90 Å². The normalized spacial score (nSPS) is 27.8. The molecule has 0 aromatic heterocycles. The smallest absolute Gasteiger partial charge is 0.240 e. The van der Waals surface area contributed by atoms with Gasteiger partial charge in [-0.15, -0.1) is 0 Å². The molecule has 1 aliphatic heterocycles. The van der Waals surface area contributed by atoms with Crippen molar-refractivity contribution in [3.8, 4) is 0 Å². The number of nitrogens with one attached hydrogen (secondary N) is 2. The molecule has 1 fully saturated rings. The Kier molecular flexibility index (Phi) is 5.40. The molecule has 0 saturated carbocycles. The predicted octanol–water partition coefficient (Wildman–Crippen LogP) is 1.18. The Hall–Kier alpha value is -0.610. The SMILES string of the molecule is CCCC1(C(=O)NC(C)CC(C)O)CCCN1. The second-order valence-electron chi connectivity index (χ2n) is 5.32. The zero-order chi connectivity index (χ0) is 12.9. The van der Waals surface area contributed by atoms with Crippen LogP contribution in [0.15, 0.2) is 0 Å². The minimum atomic E-state index is -0.371. The predicted molar refractivity (Wildman–Crippen MR) is 68.8 cm³/mol. The van der Waals surface area contributed by atoms with Crippen LogP contribution in [-0.4, -0.2) is 35.2 Å². The third-order valence-corrected chi connectivity index (χ3v) is 3.43. The van der Waals surface area contributed by atoms with Crippen molar-refractivity contribution in [2.24, 2.45) is 0 Å². The summed E-state index contributed by atoms with van der Waals surface area (Å²) in [5, 5.41) is 15.7. The van der Waals surface area contributed by atoms with Crippen molar-refractivity contribution in [3.05, 3.63) is 0 Å². The van der Waals surface area contributed by atoms with Crippen LogP contribution in [0.2, 0.25) is 0 Å². The van der Waals surface area contributed by atoms with Crippen LogP contribution in [0.5, 0.6) is 0 Å². The van der Waals surface area contributed by atoms with Gasteiger partial charge in [-0.1, -0.05) is 13.3 Å². The van der Waals surface area contributed by atoms with E-state index in [1.54, 1.807) is 6.92 Å². The van der Waals surface area contributed by atoms with Crippen molar-refractivity contribution >= 4 is 5.91 Å². The van der Waals surface area contributed by atoms with Gasteiger partial charge in [0.25, 0.3) is 0 Å². The number of hydrogen-bond acceptors (Lipinski definition) is 3. The number of aliphatic hydroxyl groups excluding tert-OH is 1. The molecule has 1 aliphatic rings. The van der Waals surface area contributed by atoms with Crippen LogP contribution in [0.25, 0.3) is 0 Å². The maximum atomic E-state index is 12.3. The molecular weight excluding hydrogens is 216 g/mol. The van der Waals surface area contributed by atoms with E-state index in [4.69, 9.17) is 0 Å². The molecule has 3 N–H and O–H groups in total. The van der Waals surface area contributed by atoms with E-state index in [1.165, 1.54) is 0 Å². The van der Waals surface area contributed by atoms with E-state index in [1.807, 2.05) is 6.92 Å². The molecular formula is C13H26N2O2. The Bertz CT molecular complexity index is 248. The van der Waals surface area contributed by atoms with Crippen LogP contribution in [0.4, 0.5) is 0 Å². The molecule has 0 aromatic carbocycles. The number of amides is 1. The highest BCUT2D eigenvalue weighted by molar-refractivity contribution is 5.86. The lowest BCUT2D eigenvalue weighted by Crippen LogP contribution is -2.55. The standard InChI is InChI=1S/C13H26N2O2/c1-4-6-13(7-5-8-14-13)12(17)15-10(2)9-11(3)16/h10-11,14,16H,4-9H2,1-3H3,(H,15,17). The first-order chi connectivity index (χ1) is 8.00. The van der Waals surface area contributed by atoms with Crippen LogP contribution >= 0.6 is 0 Å². The lowest BCUT2D eigenvalue weighted by molar-refractivity contribution is -0.128. The second-order valence-corrected chi connectivity index (χ2v) is 5.32. The molecule has 0 radical (unpaired) electrons. The topological polar surface area (TPSA) is 61.4 Å². The molecule has 3 unspecified atom stereocenters. The average molecular weight is 242 g/mol. The van der Waals surface area contributed by atoms with Crippen molar-refractivity contribution in [2.75, 3.05) is 6.54 Å². The molecule has 1 saturated heterocycles. The molecule has 17 heavy (non-hydrogen) atoms. The number of aliphatic hydroxyl groups is 1. The Morgan fingerprint density at radius 2 is 2.24 bits per heavy atom. The molecule has 0 spiro atoms. The van der Waals surface area contributed by atoms with Gasteiger partial charge in [0.1, 0.15) is 0 Å². The second kappa shape index (κ2) is 6.36. The van der Waals surface area contributed by atoms with Gasteiger partial charge in [0.2, 0.25) is 5.91 Å². The molecule has 0 aromatic rings. The highest BCUT2D eigenvalue weighted by Crippen LogP contribution is 2.25. The molecule has 0 aliphatic carbocycles. The lowest BCUT2D eigenvalue weighted by Gasteiger charge is -2.30. The summed E-state index contributed by atoms with van der Waals surface area (Å²) in [6.45, 7) is 6.73. The van der Waals surface area contributed by atoms with Crippen molar-refractivity contribution in [2.45, 2.75) is 70.6 Å². The Morgan fingerprint density at radius 1 is 1.53 bits per heavy atom. The lowest BCUT2D eigenvalue weighted by atomic mass is 9.90. The van der Waals surface area contributed by atoms with Crippen LogP contribution < -0.4 is 10.6 Å². The van der Waals surface area contributed by atoms with Crippen molar-refractivity contribution in [1.29, 1.82) is 0 Å². The molecule has 1 amide bonds. The molecule has 4 nitrogen and oxygen atoms in total. The van der Waals surface area contributed by atoms with E-state index in [0.29, 0.717) is 6.42 Å². The Balaban J connectivity index is 2.54. The number of carbonyl (C=O) groups excluding carboxylic acids is 1. The van der Waals surface area contributed by atoms with Gasteiger partial charge in [0.15, 0.2) is 0 Å². The minimum Gasteiger partial charge on any atom is -0.393 e. The van der Waals surface area contributed by atoms with E-state index in [2.05, 4.69) is 17.6 Å². The fourth-order valence-corrected chi connectivity index (χ4v) is 2.69. The zero-order valence-electron chi connectivity index (χ0n) is 11.3. The van der Waals surface area contributed by atoms with E-state index in [-0.39, 0.29) is 23.6 Å². The summed E-state index contributed by atoms with van der Waals surface area (Å²) in [4.78, 5) is 12.3. The van der Waals surface area contributed by atoms with Crippen LogP contribution in [0.3, 0.4) is 0 Å². The Labute approximate surface area is 104 Å². The highest BCUT2D eigenvalue weighted by atomic mass is 16.3. The van der Waals surface area contributed by atoms with Crippen molar-refractivity contribution in [1.82, 2.24) is 10.6 Å². The van der Waals surface area contributed by atoms with Crippen LogP contribution in [0, 0.1) is 0 Å². The third-order valence-electron chi connectivity index (χ3n) is 3.43. The molecule has 0 bridgehead atoms. The highest BCUT2D eigenvalue weighted by Gasteiger charge is 2.40. The van der Waals surface area contributed by atoms with Gasteiger partial charge in [-0.3, -0.25) is 4.79 Å². The fourth-order valence-electron chi connectivity index (χ4n) is 2.69. The maximum absolute atomic E-state index is 12.3. The van der Waals surface area contributed by atoms with Crippen LogP contribution in [-0.2, 0) is 4.79 Å². The maximum Gasteiger partial charge on any atom is 0.240 e. The summed E-state index contributed by atoms with van der Waals surface area (Å²) < 4.78 is 0. The third kappa shape index (κ3) is 3.96. The zero-order valence-corrected chi connectivity index (χ0v) is 11.3. The van der Waals surface area contributed by atoms with Crippen molar-refractivity contribution in [3.63, 3.8) is 0 Å².